The topological polar surface area (TPSA) is 48.4 Å². The molecule has 0 saturated carbocycles. The Morgan fingerprint density at radius 2 is 2.20 bits per heavy atom. The van der Waals surface area contributed by atoms with E-state index < -0.39 is 0 Å². The van der Waals surface area contributed by atoms with E-state index in [9.17, 15) is 5.11 Å². The maximum atomic E-state index is 9.65. The van der Waals surface area contributed by atoms with Gasteiger partial charge in [-0.1, -0.05) is 11.6 Å². The zero-order valence-corrected chi connectivity index (χ0v) is 12.4. The number of nitrogens with one attached hydrogen (secondary N) is 1. The fourth-order valence-corrected chi connectivity index (χ4v) is 3.97. The molecule has 3 heterocycles. The lowest BCUT2D eigenvalue weighted by Gasteiger charge is -2.49. The summed E-state index contributed by atoms with van der Waals surface area (Å²) in [5.41, 5.74) is 0.303. The molecule has 1 spiro atoms. The van der Waals surface area contributed by atoms with Crippen LogP contribution in [0.3, 0.4) is 0 Å². The van der Waals surface area contributed by atoms with Crippen molar-refractivity contribution < 1.29 is 5.11 Å². The van der Waals surface area contributed by atoms with Crippen LogP contribution >= 0.6 is 11.6 Å². The van der Waals surface area contributed by atoms with Crippen molar-refractivity contribution in [3.63, 3.8) is 0 Å². The average molecular weight is 296 g/mol. The van der Waals surface area contributed by atoms with Crippen molar-refractivity contribution in [2.75, 3.05) is 37.7 Å². The Kier molecular flexibility index (Phi) is 4.15. The zero-order valence-electron chi connectivity index (χ0n) is 11.7. The molecular weight excluding hydrogens is 274 g/mol. The molecule has 0 aliphatic carbocycles. The van der Waals surface area contributed by atoms with Gasteiger partial charge in [0.05, 0.1) is 5.02 Å². The van der Waals surface area contributed by atoms with Crippen LogP contribution in [0.15, 0.2) is 18.3 Å². The minimum Gasteiger partial charge on any atom is -0.396 e. The van der Waals surface area contributed by atoms with E-state index in [2.05, 4.69) is 15.2 Å². The van der Waals surface area contributed by atoms with Crippen LogP contribution in [-0.2, 0) is 0 Å². The first-order chi connectivity index (χ1) is 9.75. The maximum Gasteiger partial charge on any atom is 0.147 e. The van der Waals surface area contributed by atoms with Crippen LogP contribution in [0.4, 0.5) is 5.82 Å². The number of hydrogen-bond acceptors (Lipinski definition) is 4. The summed E-state index contributed by atoms with van der Waals surface area (Å²) in [6.45, 7) is 4.26. The number of hydrogen-bond donors (Lipinski definition) is 2. The molecule has 2 aliphatic rings. The quantitative estimate of drug-likeness (QED) is 0.875. The highest BCUT2D eigenvalue weighted by molar-refractivity contribution is 6.32. The highest BCUT2D eigenvalue weighted by Gasteiger charge is 2.42. The van der Waals surface area contributed by atoms with E-state index in [0.717, 1.165) is 49.9 Å². The van der Waals surface area contributed by atoms with Gasteiger partial charge in [-0.2, -0.15) is 0 Å². The van der Waals surface area contributed by atoms with Gasteiger partial charge in [-0.3, -0.25) is 0 Å². The number of aliphatic hydroxyl groups is 1. The molecule has 0 radical (unpaired) electrons. The molecule has 4 nitrogen and oxygen atoms in total. The van der Waals surface area contributed by atoms with Gasteiger partial charge in [0.15, 0.2) is 0 Å². The molecule has 2 fully saturated rings. The lowest BCUT2D eigenvalue weighted by molar-refractivity contribution is 0.0326. The summed E-state index contributed by atoms with van der Waals surface area (Å²) in [5.74, 6) is 1.29. The van der Waals surface area contributed by atoms with Gasteiger partial charge in [-0.25, -0.2) is 4.98 Å². The van der Waals surface area contributed by atoms with Crippen molar-refractivity contribution in [3.8, 4) is 0 Å². The number of halogens is 1. The molecule has 20 heavy (non-hydrogen) atoms. The summed E-state index contributed by atoms with van der Waals surface area (Å²) in [4.78, 5) is 6.69. The summed E-state index contributed by atoms with van der Waals surface area (Å²) >= 11 is 6.24. The summed E-state index contributed by atoms with van der Waals surface area (Å²) < 4.78 is 0. The molecule has 5 heteroatoms. The predicted molar refractivity (Wildman–Crippen MR) is 81.2 cm³/mol. The van der Waals surface area contributed by atoms with Gasteiger partial charge in [-0.05, 0) is 43.4 Å². The molecule has 2 aliphatic heterocycles. The van der Waals surface area contributed by atoms with Gasteiger partial charge in [0.1, 0.15) is 5.82 Å². The Balaban J connectivity index is 1.71. The molecule has 1 aromatic rings. The van der Waals surface area contributed by atoms with Crippen molar-refractivity contribution in [2.45, 2.75) is 19.3 Å². The third-order valence-electron chi connectivity index (χ3n) is 5.07. The molecule has 1 aromatic heterocycles. The van der Waals surface area contributed by atoms with E-state index in [-0.39, 0.29) is 6.61 Å². The third-order valence-corrected chi connectivity index (χ3v) is 5.37. The van der Waals surface area contributed by atoms with Crippen molar-refractivity contribution in [3.05, 3.63) is 23.4 Å². The van der Waals surface area contributed by atoms with Gasteiger partial charge in [0.25, 0.3) is 0 Å². The monoisotopic (exact) mass is 295 g/mol. The van der Waals surface area contributed by atoms with Crippen LogP contribution in [0.1, 0.15) is 19.3 Å². The predicted octanol–water partition coefficient (Wildman–Crippen LogP) is 1.92. The second kappa shape index (κ2) is 5.88. The SMILES string of the molecule is OCC1CNCCC12CCN(c1ncccc1Cl)CC2. The standard InChI is InChI=1S/C15H22ClN3O/c16-13-2-1-6-18-14(13)19-8-4-15(5-9-19)3-7-17-10-12(15)11-20/h1-2,6,12,17,20H,3-5,7-11H2. The molecule has 1 atom stereocenters. The molecule has 1 unspecified atom stereocenters. The van der Waals surface area contributed by atoms with E-state index in [1.807, 2.05) is 12.1 Å². The van der Waals surface area contributed by atoms with Gasteiger partial charge in [0, 0.05) is 38.4 Å². The molecule has 2 saturated heterocycles. The third kappa shape index (κ3) is 2.52. The Labute approximate surface area is 125 Å². The molecule has 3 rings (SSSR count). The van der Waals surface area contributed by atoms with Crippen LogP contribution in [-0.4, -0.2) is 42.9 Å². The lowest BCUT2D eigenvalue weighted by atomic mass is 9.65. The molecule has 110 valence electrons. The average Bonchev–Trinajstić information content (AvgIpc) is 2.49. The van der Waals surface area contributed by atoms with Crippen molar-refractivity contribution >= 4 is 17.4 Å². The lowest BCUT2D eigenvalue weighted by Crippen LogP contribution is -2.52. The number of pyridine rings is 1. The molecule has 0 aromatic carbocycles. The molecule has 0 amide bonds. The first-order valence-electron chi connectivity index (χ1n) is 7.42. The largest absolute Gasteiger partial charge is 0.396 e. The number of aliphatic hydroxyl groups excluding tert-OH is 1. The van der Waals surface area contributed by atoms with E-state index in [1.54, 1.807) is 6.20 Å². The minimum atomic E-state index is 0.289. The number of aromatic nitrogens is 1. The van der Waals surface area contributed by atoms with Crippen LogP contribution in [0.25, 0.3) is 0 Å². The highest BCUT2D eigenvalue weighted by Crippen LogP contribution is 2.44. The number of nitrogens with zero attached hydrogens (tertiary/aromatic N) is 2. The molecule has 2 N–H and O–H groups in total. The first-order valence-corrected chi connectivity index (χ1v) is 7.80. The Morgan fingerprint density at radius 3 is 2.90 bits per heavy atom. The second-order valence-electron chi connectivity index (χ2n) is 5.99. The molecule has 0 bridgehead atoms. The van der Waals surface area contributed by atoms with Crippen molar-refractivity contribution in [1.82, 2.24) is 10.3 Å². The summed E-state index contributed by atoms with van der Waals surface area (Å²) in [7, 11) is 0. The van der Waals surface area contributed by atoms with Gasteiger partial charge < -0.3 is 15.3 Å². The van der Waals surface area contributed by atoms with Gasteiger partial charge in [0.2, 0.25) is 0 Å². The summed E-state index contributed by atoms with van der Waals surface area (Å²) in [6, 6.07) is 3.77. The summed E-state index contributed by atoms with van der Waals surface area (Å²) in [6.07, 6.45) is 5.20. The maximum absolute atomic E-state index is 9.65. The Hall–Kier alpha value is -0.840. The smallest absolute Gasteiger partial charge is 0.147 e. The van der Waals surface area contributed by atoms with E-state index >= 15 is 0 Å². The molecular formula is C15H22ClN3O. The fraction of sp³-hybridized carbons (Fsp3) is 0.667. The van der Waals surface area contributed by atoms with Crippen LogP contribution in [0.5, 0.6) is 0 Å². The van der Waals surface area contributed by atoms with Crippen molar-refractivity contribution in [2.24, 2.45) is 11.3 Å². The number of piperidine rings is 2. The van der Waals surface area contributed by atoms with Gasteiger partial charge in [-0.15, -0.1) is 0 Å². The van der Waals surface area contributed by atoms with E-state index in [1.165, 1.54) is 6.42 Å². The summed E-state index contributed by atoms with van der Waals surface area (Å²) in [5, 5.41) is 13.8. The van der Waals surface area contributed by atoms with Gasteiger partial charge >= 0.3 is 0 Å². The fourth-order valence-electron chi connectivity index (χ4n) is 3.72. The van der Waals surface area contributed by atoms with E-state index in [4.69, 9.17) is 11.6 Å². The first kappa shape index (κ1) is 14.1. The van der Waals surface area contributed by atoms with E-state index in [0.29, 0.717) is 11.3 Å². The number of anilines is 1. The Morgan fingerprint density at radius 1 is 1.40 bits per heavy atom. The Bertz CT molecular complexity index is 460. The van der Waals surface area contributed by atoms with Crippen LogP contribution in [0, 0.1) is 11.3 Å². The minimum absolute atomic E-state index is 0.289. The highest BCUT2D eigenvalue weighted by atomic mass is 35.5. The van der Waals surface area contributed by atoms with Crippen molar-refractivity contribution in [1.29, 1.82) is 0 Å². The zero-order chi connectivity index (χ0) is 14.0. The normalized spacial score (nSPS) is 25.9. The van der Waals surface area contributed by atoms with Crippen LogP contribution < -0.4 is 10.2 Å². The second-order valence-corrected chi connectivity index (χ2v) is 6.40. The number of rotatable bonds is 2. The van der Waals surface area contributed by atoms with Crippen LogP contribution in [0.2, 0.25) is 5.02 Å².